The van der Waals surface area contributed by atoms with Crippen molar-refractivity contribution in [1.29, 1.82) is 0 Å². The second-order valence-electron chi connectivity index (χ2n) is 6.97. The van der Waals surface area contributed by atoms with Crippen molar-refractivity contribution in [2.75, 3.05) is 11.3 Å². The van der Waals surface area contributed by atoms with E-state index in [2.05, 4.69) is 17.0 Å². The Bertz CT molecular complexity index is 1080. The van der Waals surface area contributed by atoms with Gasteiger partial charge in [-0.1, -0.05) is 55.5 Å². The van der Waals surface area contributed by atoms with Crippen LogP contribution in [-0.4, -0.2) is 20.9 Å². The SMILES string of the molecule is Cc1cc(C(=O)NCC(C)c2ccccc2)ccc1NS(=O)(=O)c1ccccc1. The molecule has 2 N–H and O–H groups in total. The maximum Gasteiger partial charge on any atom is 0.261 e. The molecule has 5 nitrogen and oxygen atoms in total. The van der Waals surface area contributed by atoms with Crippen molar-refractivity contribution in [2.45, 2.75) is 24.7 Å². The van der Waals surface area contributed by atoms with Crippen LogP contribution >= 0.6 is 0 Å². The van der Waals surface area contributed by atoms with E-state index in [1.165, 1.54) is 12.1 Å². The summed E-state index contributed by atoms with van der Waals surface area (Å²) >= 11 is 0. The monoisotopic (exact) mass is 408 g/mol. The number of nitrogens with one attached hydrogen (secondary N) is 2. The molecule has 6 heteroatoms. The summed E-state index contributed by atoms with van der Waals surface area (Å²) < 4.78 is 27.6. The average molecular weight is 409 g/mol. The van der Waals surface area contributed by atoms with E-state index in [0.717, 1.165) is 5.56 Å². The van der Waals surface area contributed by atoms with E-state index in [0.29, 0.717) is 23.4 Å². The minimum absolute atomic E-state index is 0.187. The highest BCUT2D eigenvalue weighted by Gasteiger charge is 2.16. The van der Waals surface area contributed by atoms with E-state index in [-0.39, 0.29) is 16.7 Å². The van der Waals surface area contributed by atoms with Crippen LogP contribution in [0.5, 0.6) is 0 Å². The summed E-state index contributed by atoms with van der Waals surface area (Å²) in [4.78, 5) is 12.7. The summed E-state index contributed by atoms with van der Waals surface area (Å²) in [6.45, 7) is 4.35. The number of carbonyl (C=O) groups excluding carboxylic acids is 1. The molecule has 3 aromatic carbocycles. The van der Waals surface area contributed by atoms with Gasteiger partial charge in [-0.15, -0.1) is 0 Å². The Kier molecular flexibility index (Phi) is 6.34. The van der Waals surface area contributed by atoms with Crippen molar-refractivity contribution in [2.24, 2.45) is 0 Å². The lowest BCUT2D eigenvalue weighted by Crippen LogP contribution is -2.27. The quantitative estimate of drug-likeness (QED) is 0.611. The second-order valence-corrected chi connectivity index (χ2v) is 8.65. The van der Waals surface area contributed by atoms with Gasteiger partial charge >= 0.3 is 0 Å². The van der Waals surface area contributed by atoms with Gasteiger partial charge in [-0.3, -0.25) is 9.52 Å². The maximum absolute atomic E-state index is 12.5. The molecule has 3 aromatic rings. The fourth-order valence-electron chi connectivity index (χ4n) is 2.97. The molecule has 150 valence electrons. The van der Waals surface area contributed by atoms with Gasteiger partial charge in [0.15, 0.2) is 0 Å². The number of sulfonamides is 1. The molecule has 0 aliphatic carbocycles. The maximum atomic E-state index is 12.5. The van der Waals surface area contributed by atoms with Crippen LogP contribution in [0, 0.1) is 6.92 Å². The van der Waals surface area contributed by atoms with Crippen molar-refractivity contribution < 1.29 is 13.2 Å². The van der Waals surface area contributed by atoms with E-state index >= 15 is 0 Å². The Morgan fingerprint density at radius 3 is 2.17 bits per heavy atom. The van der Waals surface area contributed by atoms with E-state index in [9.17, 15) is 13.2 Å². The molecular formula is C23H24N2O3S. The molecule has 0 heterocycles. The number of hydrogen-bond donors (Lipinski definition) is 2. The lowest BCUT2D eigenvalue weighted by molar-refractivity contribution is 0.0951. The fourth-order valence-corrected chi connectivity index (χ4v) is 4.12. The first-order chi connectivity index (χ1) is 13.9. The molecule has 0 saturated heterocycles. The Labute approximate surface area is 171 Å². The highest BCUT2D eigenvalue weighted by molar-refractivity contribution is 7.92. The smallest absolute Gasteiger partial charge is 0.261 e. The van der Waals surface area contributed by atoms with Crippen LogP contribution in [0.15, 0.2) is 83.8 Å². The van der Waals surface area contributed by atoms with Crippen LogP contribution in [0.1, 0.15) is 34.3 Å². The number of anilines is 1. The molecule has 1 amide bonds. The molecule has 0 radical (unpaired) electrons. The van der Waals surface area contributed by atoms with Gasteiger partial charge in [0.1, 0.15) is 0 Å². The number of hydrogen-bond acceptors (Lipinski definition) is 3. The summed E-state index contributed by atoms with van der Waals surface area (Å²) in [6.07, 6.45) is 0. The number of benzene rings is 3. The largest absolute Gasteiger partial charge is 0.351 e. The summed E-state index contributed by atoms with van der Waals surface area (Å²) in [5, 5.41) is 2.94. The molecule has 0 bridgehead atoms. The van der Waals surface area contributed by atoms with Gasteiger partial charge in [0, 0.05) is 12.1 Å². The van der Waals surface area contributed by atoms with Crippen molar-refractivity contribution in [1.82, 2.24) is 5.32 Å². The molecule has 0 aliphatic rings. The zero-order valence-corrected chi connectivity index (χ0v) is 17.2. The van der Waals surface area contributed by atoms with Crippen molar-refractivity contribution in [3.05, 3.63) is 95.6 Å². The van der Waals surface area contributed by atoms with Crippen molar-refractivity contribution in [3.63, 3.8) is 0 Å². The predicted octanol–water partition coefficient (Wildman–Crippen LogP) is 4.33. The third-order valence-electron chi connectivity index (χ3n) is 4.72. The van der Waals surface area contributed by atoms with Crippen LogP contribution < -0.4 is 10.0 Å². The van der Waals surface area contributed by atoms with Gasteiger partial charge in [0.25, 0.3) is 15.9 Å². The molecule has 0 aromatic heterocycles. The van der Waals surface area contributed by atoms with Gasteiger partial charge in [0.05, 0.1) is 10.6 Å². The summed E-state index contributed by atoms with van der Waals surface area (Å²) in [7, 11) is -3.67. The Morgan fingerprint density at radius 2 is 1.55 bits per heavy atom. The van der Waals surface area contributed by atoms with Crippen molar-refractivity contribution >= 4 is 21.6 Å². The van der Waals surface area contributed by atoms with Crippen LogP contribution in [0.2, 0.25) is 0 Å². The normalized spacial score (nSPS) is 12.2. The first-order valence-corrected chi connectivity index (χ1v) is 10.9. The highest BCUT2D eigenvalue weighted by Crippen LogP contribution is 2.21. The van der Waals surface area contributed by atoms with Gasteiger partial charge in [0.2, 0.25) is 0 Å². The zero-order chi connectivity index (χ0) is 20.9. The van der Waals surface area contributed by atoms with Crippen LogP contribution in [0.25, 0.3) is 0 Å². The summed E-state index contributed by atoms with van der Waals surface area (Å²) in [6, 6.07) is 23.1. The minimum atomic E-state index is -3.67. The van der Waals surface area contributed by atoms with Gasteiger partial charge in [-0.05, 0) is 54.3 Å². The Hall–Kier alpha value is -3.12. The third kappa shape index (κ3) is 5.23. The molecule has 29 heavy (non-hydrogen) atoms. The summed E-state index contributed by atoms with van der Waals surface area (Å²) in [5.41, 5.74) is 2.77. The van der Waals surface area contributed by atoms with Gasteiger partial charge < -0.3 is 5.32 Å². The van der Waals surface area contributed by atoms with Crippen LogP contribution in [0.4, 0.5) is 5.69 Å². The number of rotatable bonds is 7. The standard InChI is InChI=1S/C23H24N2O3S/c1-17-15-20(23(26)24-16-18(2)19-9-5-3-6-10-19)13-14-22(17)25-29(27,28)21-11-7-4-8-12-21/h3-15,18,25H,16H2,1-2H3,(H,24,26). The molecular weight excluding hydrogens is 384 g/mol. The zero-order valence-electron chi connectivity index (χ0n) is 16.4. The lowest BCUT2D eigenvalue weighted by Gasteiger charge is -2.14. The molecule has 0 spiro atoms. The molecule has 0 aliphatic heterocycles. The lowest BCUT2D eigenvalue weighted by atomic mass is 10.0. The predicted molar refractivity (Wildman–Crippen MR) is 116 cm³/mol. The average Bonchev–Trinajstić information content (AvgIpc) is 2.74. The third-order valence-corrected chi connectivity index (χ3v) is 6.11. The van der Waals surface area contributed by atoms with E-state index in [1.807, 2.05) is 30.3 Å². The molecule has 3 rings (SSSR count). The number of amides is 1. The number of carbonyl (C=O) groups is 1. The Morgan fingerprint density at radius 1 is 0.931 bits per heavy atom. The topological polar surface area (TPSA) is 75.3 Å². The second kappa shape index (κ2) is 8.92. The van der Waals surface area contributed by atoms with E-state index in [1.54, 1.807) is 43.3 Å². The van der Waals surface area contributed by atoms with Crippen LogP contribution in [-0.2, 0) is 10.0 Å². The van der Waals surface area contributed by atoms with Crippen LogP contribution in [0.3, 0.4) is 0 Å². The van der Waals surface area contributed by atoms with Gasteiger partial charge in [-0.25, -0.2) is 8.42 Å². The molecule has 0 fully saturated rings. The Balaban J connectivity index is 1.66. The minimum Gasteiger partial charge on any atom is -0.351 e. The molecule has 1 atom stereocenters. The number of aryl methyl sites for hydroxylation is 1. The summed E-state index contributed by atoms with van der Waals surface area (Å²) in [5.74, 6) is 0.00606. The fraction of sp³-hybridized carbons (Fsp3) is 0.174. The van der Waals surface area contributed by atoms with Gasteiger partial charge in [-0.2, -0.15) is 0 Å². The first-order valence-electron chi connectivity index (χ1n) is 9.38. The van der Waals surface area contributed by atoms with E-state index in [4.69, 9.17) is 0 Å². The van der Waals surface area contributed by atoms with Crippen molar-refractivity contribution in [3.8, 4) is 0 Å². The first kappa shape index (κ1) is 20.6. The molecule has 0 saturated carbocycles. The molecule has 1 unspecified atom stereocenters. The van der Waals surface area contributed by atoms with E-state index < -0.39 is 10.0 Å². The highest BCUT2D eigenvalue weighted by atomic mass is 32.2.